The Hall–Kier alpha value is -4.15. The molecule has 5 heteroatoms. The van der Waals surface area contributed by atoms with Crippen LogP contribution in [0.3, 0.4) is 0 Å². The molecule has 0 N–H and O–H groups in total. The van der Waals surface area contributed by atoms with Crippen molar-refractivity contribution in [2.45, 2.75) is 59.6 Å². The Kier molecular flexibility index (Phi) is 9.93. The van der Waals surface area contributed by atoms with Crippen molar-refractivity contribution in [2.24, 2.45) is 5.41 Å². The molecule has 0 fully saturated rings. The number of furan rings is 1. The third-order valence-corrected chi connectivity index (χ3v) is 10.2. The van der Waals surface area contributed by atoms with E-state index in [0.29, 0.717) is 11.3 Å². The van der Waals surface area contributed by atoms with E-state index in [-0.39, 0.29) is 20.1 Å². The van der Waals surface area contributed by atoms with Crippen LogP contribution in [-0.4, -0.2) is 18.0 Å². The first-order valence-corrected chi connectivity index (χ1v) is 19.9. The molecule has 7 rings (SSSR count). The maximum atomic E-state index is 9.17. The minimum Gasteiger partial charge on any atom is -0.500 e. The number of rotatable bonds is 6. The van der Waals surface area contributed by atoms with E-state index in [9.17, 15) is 1.37 Å². The third-order valence-electron chi connectivity index (χ3n) is 8.17. The summed E-state index contributed by atoms with van der Waals surface area (Å²) in [4.78, 5) is 9.15. The van der Waals surface area contributed by atoms with Gasteiger partial charge in [-0.25, -0.2) is 0 Å². The first-order valence-electron chi connectivity index (χ1n) is 17.9. The molecular formula is C44H44IrN2OSi-2. The van der Waals surface area contributed by atoms with Gasteiger partial charge in [0.05, 0.1) is 13.7 Å². The fourth-order valence-electron chi connectivity index (χ4n) is 5.81. The number of hydrogen-bond acceptors (Lipinski definition) is 3. The summed E-state index contributed by atoms with van der Waals surface area (Å²) in [5.41, 5.74) is 7.19. The minimum atomic E-state index is -1.64. The fraction of sp³-hybridized carbons (Fsp3) is 0.227. The van der Waals surface area contributed by atoms with Crippen LogP contribution >= 0.6 is 0 Å². The monoisotopic (exact) mass is 840 g/mol. The molecule has 7 aromatic rings. The summed E-state index contributed by atoms with van der Waals surface area (Å²) in [6, 6.07) is 41.9. The van der Waals surface area contributed by atoms with Gasteiger partial charge in [-0.15, -0.1) is 59.7 Å². The predicted molar refractivity (Wildman–Crippen MR) is 204 cm³/mol. The van der Waals surface area contributed by atoms with Gasteiger partial charge in [-0.05, 0) is 51.6 Å². The molecule has 0 aliphatic heterocycles. The summed E-state index contributed by atoms with van der Waals surface area (Å²) in [6.07, 6.45) is 2.20. The van der Waals surface area contributed by atoms with Crippen LogP contribution in [-0.2, 0) is 26.5 Å². The average molecular weight is 840 g/mol. The van der Waals surface area contributed by atoms with Gasteiger partial charge in [0.1, 0.15) is 5.58 Å². The van der Waals surface area contributed by atoms with Crippen molar-refractivity contribution < 1.29 is 28.6 Å². The van der Waals surface area contributed by atoms with E-state index >= 15 is 0 Å². The zero-order valence-corrected chi connectivity index (χ0v) is 32.6. The summed E-state index contributed by atoms with van der Waals surface area (Å²) < 4.78 is 32.0. The van der Waals surface area contributed by atoms with Gasteiger partial charge in [0.15, 0.2) is 0 Å². The van der Waals surface area contributed by atoms with Crippen LogP contribution in [0.25, 0.3) is 44.5 Å². The molecule has 0 spiro atoms. The Labute approximate surface area is 310 Å². The van der Waals surface area contributed by atoms with Crippen molar-refractivity contribution in [1.29, 1.82) is 0 Å². The van der Waals surface area contributed by atoms with Crippen molar-refractivity contribution in [2.75, 3.05) is 0 Å². The Bertz CT molecular complexity index is 2290. The molecule has 0 aliphatic carbocycles. The molecule has 49 heavy (non-hydrogen) atoms. The first kappa shape index (κ1) is 32.1. The van der Waals surface area contributed by atoms with Crippen LogP contribution in [0.2, 0.25) is 19.6 Å². The molecule has 4 aromatic carbocycles. The van der Waals surface area contributed by atoms with Crippen molar-refractivity contribution in [1.82, 2.24) is 9.97 Å². The molecule has 1 unspecified atom stereocenters. The number of nitrogens with zero attached hydrogens (tertiary/aromatic N) is 2. The second-order valence-corrected chi connectivity index (χ2v) is 19.2. The van der Waals surface area contributed by atoms with Crippen molar-refractivity contribution in [3.8, 4) is 22.5 Å². The molecule has 3 nitrogen and oxygen atoms in total. The summed E-state index contributed by atoms with van der Waals surface area (Å²) in [7, 11) is -1.64. The molecule has 1 radical (unpaired) electrons. The van der Waals surface area contributed by atoms with E-state index in [2.05, 4.69) is 42.8 Å². The van der Waals surface area contributed by atoms with Crippen LogP contribution < -0.4 is 5.19 Å². The standard InChI is InChI=1S/C22H20NO.C22H24NSi.Ir/c1-22(2,3)14-15-10-11-23-19(12-15)16-8-9-21-18(13-16)17-6-4-5-7-20(17)24-21;1-17(18-11-7-5-8-12-18)20-15-21(19-13-9-6-10-14-19)23-16-22(20)24(2,3)4;/h4-7,9-13H,14H2,1-3H3;5-13,15-17H,1-4H3;/q2*-1;/i14D2;17D;. The van der Waals surface area contributed by atoms with Crippen LogP contribution in [0, 0.1) is 17.5 Å². The van der Waals surface area contributed by atoms with Gasteiger partial charge in [-0.3, -0.25) is 0 Å². The van der Waals surface area contributed by atoms with E-state index in [1.165, 1.54) is 5.19 Å². The number of aromatic nitrogens is 2. The molecule has 251 valence electrons. The normalized spacial score (nSPS) is 14.1. The van der Waals surface area contributed by atoms with Gasteiger partial charge in [0.25, 0.3) is 0 Å². The summed E-state index contributed by atoms with van der Waals surface area (Å²) in [5.74, 6) is -0.816. The molecule has 0 saturated heterocycles. The Balaban J connectivity index is 0.000000197. The Morgan fingerprint density at radius 2 is 1.51 bits per heavy atom. The van der Waals surface area contributed by atoms with Gasteiger partial charge in [-0.1, -0.05) is 119 Å². The van der Waals surface area contributed by atoms with Crippen molar-refractivity contribution >= 4 is 35.2 Å². The molecule has 0 bridgehead atoms. The molecule has 0 amide bonds. The molecule has 3 heterocycles. The minimum absolute atomic E-state index is 0. The first-order chi connectivity index (χ1) is 24.1. The third kappa shape index (κ3) is 8.72. The van der Waals surface area contributed by atoms with E-state index in [1.54, 1.807) is 12.3 Å². The fourth-order valence-corrected chi connectivity index (χ4v) is 7.33. The van der Waals surface area contributed by atoms with Crippen molar-refractivity contribution in [3.05, 3.63) is 150 Å². The SMILES string of the molecule is [2H]C(C)(c1ccccc1)c1cc(-c2[c-]cccc2)ncc1[Si](C)(C)C.[2H]C([2H])(c1ccnc(-c2[c-]cc3oc4ccccc4c3c2)c1)C(C)(C)C.[Ir]. The number of pyridine rings is 2. The van der Waals surface area contributed by atoms with E-state index in [0.717, 1.165) is 49.9 Å². The molecular weight excluding hydrogens is 793 g/mol. The molecule has 1 atom stereocenters. The van der Waals surface area contributed by atoms with Crippen LogP contribution in [0.15, 0.2) is 126 Å². The number of fused-ring (bicyclic) bond motifs is 3. The van der Waals surface area contributed by atoms with Gasteiger partial charge in [0, 0.05) is 47.9 Å². The van der Waals surface area contributed by atoms with E-state index in [4.69, 9.17) is 12.1 Å². The van der Waals surface area contributed by atoms with Crippen LogP contribution in [0.4, 0.5) is 0 Å². The quantitative estimate of drug-likeness (QED) is 0.124. The van der Waals surface area contributed by atoms with Gasteiger partial charge < -0.3 is 14.4 Å². The molecule has 0 saturated carbocycles. The van der Waals surface area contributed by atoms with Crippen LogP contribution in [0.5, 0.6) is 0 Å². The van der Waals surface area contributed by atoms with Crippen molar-refractivity contribution in [3.63, 3.8) is 0 Å². The second-order valence-electron chi connectivity index (χ2n) is 14.2. The topological polar surface area (TPSA) is 38.9 Å². The Morgan fingerprint density at radius 1 is 0.796 bits per heavy atom. The largest absolute Gasteiger partial charge is 0.500 e. The summed E-state index contributed by atoms with van der Waals surface area (Å²) in [6.45, 7) is 14.6. The van der Waals surface area contributed by atoms with Gasteiger partial charge in [0.2, 0.25) is 0 Å². The zero-order valence-electron chi connectivity index (χ0n) is 32.2. The molecule has 3 aromatic heterocycles. The summed E-state index contributed by atoms with van der Waals surface area (Å²) in [5, 5.41) is 3.31. The average Bonchev–Trinajstić information content (AvgIpc) is 3.50. The number of benzene rings is 4. The maximum absolute atomic E-state index is 9.17. The van der Waals surface area contributed by atoms with E-state index in [1.807, 2.05) is 131 Å². The maximum Gasteiger partial charge on any atom is 0.120 e. The number of hydrogen-bond donors (Lipinski definition) is 0. The summed E-state index contributed by atoms with van der Waals surface area (Å²) >= 11 is 0. The predicted octanol–water partition coefficient (Wildman–Crippen LogP) is 11.3. The van der Waals surface area contributed by atoms with Crippen LogP contribution in [0.1, 0.15) is 54.4 Å². The van der Waals surface area contributed by atoms with Gasteiger partial charge in [-0.2, -0.15) is 0 Å². The smallest absolute Gasteiger partial charge is 0.120 e. The van der Waals surface area contributed by atoms with Gasteiger partial charge >= 0.3 is 0 Å². The second kappa shape index (κ2) is 15.2. The molecule has 0 aliphatic rings. The van der Waals surface area contributed by atoms with E-state index < -0.39 is 25.8 Å². The zero-order chi connectivity index (χ0) is 36.6. The Morgan fingerprint density at radius 3 is 2.22 bits per heavy atom. The number of para-hydroxylation sites is 1.